The average molecular weight is 461 g/mol. The predicted molar refractivity (Wildman–Crippen MR) is 103 cm³/mol. The molecule has 0 saturated heterocycles. The number of amides is 2. The molecule has 0 saturated carbocycles. The monoisotopic (exact) mass is 461 g/mol. The molecule has 1 aromatic carbocycles. The number of hydrogen-bond donors (Lipinski definition) is 6. The summed E-state index contributed by atoms with van der Waals surface area (Å²) in [6.07, 6.45) is 0. The summed E-state index contributed by atoms with van der Waals surface area (Å²) in [5.41, 5.74) is -0.600. The van der Waals surface area contributed by atoms with E-state index in [4.69, 9.17) is 10.4 Å². The molecule has 14 nitrogen and oxygen atoms in total. The number of nitrogens with one attached hydrogen (secondary N) is 3. The largest absolute Gasteiger partial charge is 0.506 e. The number of rotatable bonds is 7. The van der Waals surface area contributed by atoms with Crippen LogP contribution >= 0.6 is 0 Å². The van der Waals surface area contributed by atoms with Crippen molar-refractivity contribution in [3.05, 3.63) is 51.9 Å². The number of hydrogen-bond acceptors (Lipinski definition) is 12. The number of aliphatic hydroxyl groups excluding tert-OH is 1. The van der Waals surface area contributed by atoms with Gasteiger partial charge in [-0.2, -0.15) is 0 Å². The summed E-state index contributed by atoms with van der Waals surface area (Å²) in [6.45, 7) is 2.16. The molecule has 2 rings (SSSR count). The number of cyclic esters (lactones) is 2. The number of carbonyl (C=O) groups excluding carboxylic acids is 7. The van der Waals surface area contributed by atoms with Crippen LogP contribution in [0.2, 0.25) is 0 Å². The summed E-state index contributed by atoms with van der Waals surface area (Å²) < 4.78 is 4.43. The van der Waals surface area contributed by atoms with Gasteiger partial charge in [-0.1, -0.05) is 0 Å². The maximum Gasteiger partial charge on any atom is 0.353 e. The van der Waals surface area contributed by atoms with E-state index in [1.165, 1.54) is 6.92 Å². The molecule has 0 bridgehead atoms. The maximum atomic E-state index is 12.1. The van der Waals surface area contributed by atoms with Crippen LogP contribution in [0.4, 0.5) is 5.69 Å². The molecule has 2 amide bonds. The second-order valence-electron chi connectivity index (χ2n) is 6.42. The Bertz CT molecular complexity index is 1150. The minimum absolute atomic E-state index is 0.187. The molecule has 172 valence electrons. The van der Waals surface area contributed by atoms with Crippen molar-refractivity contribution in [2.24, 2.45) is 0 Å². The first-order valence-electron chi connectivity index (χ1n) is 8.74. The lowest BCUT2D eigenvalue weighted by molar-refractivity contribution is -0.155. The second kappa shape index (κ2) is 9.63. The van der Waals surface area contributed by atoms with Gasteiger partial charge in [-0.25, -0.2) is 20.5 Å². The summed E-state index contributed by atoms with van der Waals surface area (Å²) >= 11 is 0. The first-order chi connectivity index (χ1) is 15.4. The number of Topliss-reactive ketones (excluding diaryl/α,β-unsaturated/α-hetero) is 3. The Morgan fingerprint density at radius 3 is 1.73 bits per heavy atom. The van der Waals surface area contributed by atoms with Crippen LogP contribution in [-0.4, -0.2) is 56.6 Å². The van der Waals surface area contributed by atoms with Gasteiger partial charge in [0, 0.05) is 22.5 Å². The zero-order valence-corrected chi connectivity index (χ0v) is 16.8. The van der Waals surface area contributed by atoms with Crippen LogP contribution in [0.15, 0.2) is 40.8 Å². The fraction of sp³-hybridized carbons (Fsp3) is 0.105. The summed E-state index contributed by atoms with van der Waals surface area (Å²) in [4.78, 5) is 82.6. The molecule has 0 atom stereocenters. The highest BCUT2D eigenvalue weighted by Crippen LogP contribution is 2.26. The SMILES string of the molecule is CC(=O)C1=C(O)/C(=C(\C)Nc2cc(C(=O)C(=O)NO)cc(C(=O)C(=O)NO)c2)C(=O)OC1=O. The average Bonchev–Trinajstić information content (AvgIpc) is 2.75. The van der Waals surface area contributed by atoms with Crippen molar-refractivity contribution in [1.82, 2.24) is 11.0 Å². The van der Waals surface area contributed by atoms with E-state index in [9.17, 15) is 38.7 Å². The van der Waals surface area contributed by atoms with Crippen LogP contribution in [0.3, 0.4) is 0 Å². The zero-order chi connectivity index (χ0) is 25.0. The lowest BCUT2D eigenvalue weighted by Crippen LogP contribution is -2.30. The van der Waals surface area contributed by atoms with Crippen LogP contribution < -0.4 is 16.3 Å². The van der Waals surface area contributed by atoms with Gasteiger partial charge in [0.1, 0.15) is 16.9 Å². The Kier molecular flexibility index (Phi) is 7.17. The van der Waals surface area contributed by atoms with Gasteiger partial charge in [0.15, 0.2) is 5.78 Å². The quantitative estimate of drug-likeness (QED) is 0.0430. The minimum Gasteiger partial charge on any atom is -0.506 e. The summed E-state index contributed by atoms with van der Waals surface area (Å²) in [5.74, 6) is -10.1. The third-order valence-electron chi connectivity index (χ3n) is 4.20. The molecule has 6 N–H and O–H groups in total. The van der Waals surface area contributed by atoms with Crippen LogP contribution in [0.25, 0.3) is 0 Å². The van der Waals surface area contributed by atoms with Gasteiger partial charge >= 0.3 is 23.8 Å². The third kappa shape index (κ3) is 4.97. The molecule has 0 radical (unpaired) electrons. The molecule has 0 fully saturated rings. The van der Waals surface area contributed by atoms with Gasteiger partial charge in [-0.05, 0) is 32.0 Å². The molecule has 0 aliphatic carbocycles. The fourth-order valence-electron chi connectivity index (χ4n) is 2.75. The molecule has 1 aliphatic heterocycles. The number of esters is 2. The topological polar surface area (TPSA) is 225 Å². The summed E-state index contributed by atoms with van der Waals surface area (Å²) in [5, 5.41) is 30.1. The van der Waals surface area contributed by atoms with Crippen molar-refractivity contribution >= 4 is 46.8 Å². The van der Waals surface area contributed by atoms with Crippen molar-refractivity contribution in [1.29, 1.82) is 0 Å². The van der Waals surface area contributed by atoms with Gasteiger partial charge in [0.2, 0.25) is 0 Å². The van der Waals surface area contributed by atoms with E-state index in [2.05, 4.69) is 10.1 Å². The number of ether oxygens (including phenoxy) is 1. The van der Waals surface area contributed by atoms with Crippen molar-refractivity contribution in [3.63, 3.8) is 0 Å². The number of carbonyl (C=O) groups is 7. The van der Waals surface area contributed by atoms with E-state index in [0.717, 1.165) is 36.1 Å². The first-order valence-corrected chi connectivity index (χ1v) is 8.74. The van der Waals surface area contributed by atoms with Crippen molar-refractivity contribution in [3.8, 4) is 0 Å². The molecule has 0 aromatic heterocycles. The zero-order valence-electron chi connectivity index (χ0n) is 16.8. The van der Waals surface area contributed by atoms with Crippen LogP contribution in [0, 0.1) is 0 Å². The number of ketones is 3. The van der Waals surface area contributed by atoms with E-state index in [-0.39, 0.29) is 11.4 Å². The molecule has 0 spiro atoms. The van der Waals surface area contributed by atoms with Crippen molar-refractivity contribution in [2.75, 3.05) is 5.32 Å². The minimum atomic E-state index is -1.48. The van der Waals surface area contributed by atoms with E-state index < -0.39 is 69.1 Å². The number of benzene rings is 1. The smallest absolute Gasteiger partial charge is 0.353 e. The van der Waals surface area contributed by atoms with Gasteiger partial charge in [0.25, 0.3) is 11.6 Å². The molecule has 1 heterocycles. The Morgan fingerprint density at radius 2 is 1.30 bits per heavy atom. The molecule has 33 heavy (non-hydrogen) atoms. The van der Waals surface area contributed by atoms with Crippen LogP contribution in [0.1, 0.15) is 34.6 Å². The molecule has 1 aromatic rings. The van der Waals surface area contributed by atoms with Gasteiger partial charge in [0.05, 0.1) is 0 Å². The van der Waals surface area contributed by atoms with Crippen molar-refractivity contribution < 1.29 is 53.8 Å². The summed E-state index contributed by atoms with van der Waals surface area (Å²) in [6, 6.07) is 2.80. The maximum absolute atomic E-state index is 12.1. The number of aliphatic hydroxyl groups is 1. The van der Waals surface area contributed by atoms with E-state index in [0.29, 0.717) is 0 Å². The molecule has 1 aliphatic rings. The van der Waals surface area contributed by atoms with Gasteiger partial charge < -0.3 is 15.2 Å². The molecular formula is C19H15N3O11. The van der Waals surface area contributed by atoms with Crippen LogP contribution in [0.5, 0.6) is 0 Å². The number of allylic oxidation sites excluding steroid dienone is 1. The standard InChI is InChI=1S/C19H15N3O11/c1-6(11-15(26)12(7(2)23)19(30)33-18(11)29)20-10-4-8(13(24)16(27)21-31)3-9(5-10)14(25)17(28)22-32/h3-5,20,26,31-32H,1-2H3,(H,21,27)(H,22,28)/b11-6-. The first kappa shape index (κ1) is 24.6. The molecular weight excluding hydrogens is 446 g/mol. The Morgan fingerprint density at radius 1 is 0.818 bits per heavy atom. The highest BCUT2D eigenvalue weighted by molar-refractivity contribution is 6.45. The normalized spacial score (nSPS) is 14.8. The second-order valence-corrected chi connectivity index (χ2v) is 6.42. The molecule has 0 unspecified atom stereocenters. The van der Waals surface area contributed by atoms with E-state index in [1.54, 1.807) is 0 Å². The van der Waals surface area contributed by atoms with Gasteiger partial charge in [-0.15, -0.1) is 0 Å². The van der Waals surface area contributed by atoms with E-state index >= 15 is 0 Å². The van der Waals surface area contributed by atoms with E-state index in [1.807, 2.05) is 0 Å². The highest BCUT2D eigenvalue weighted by atomic mass is 16.6. The predicted octanol–water partition coefficient (Wildman–Crippen LogP) is -0.767. The van der Waals surface area contributed by atoms with Crippen molar-refractivity contribution in [2.45, 2.75) is 13.8 Å². The molecule has 14 heteroatoms. The Hall–Kier alpha value is -4.69. The van der Waals surface area contributed by atoms with Gasteiger partial charge in [-0.3, -0.25) is 34.4 Å². The third-order valence-corrected chi connectivity index (χ3v) is 4.20. The fourth-order valence-corrected chi connectivity index (χ4v) is 2.75. The highest BCUT2D eigenvalue weighted by Gasteiger charge is 2.36. The summed E-state index contributed by atoms with van der Waals surface area (Å²) in [7, 11) is 0. The number of hydroxylamine groups is 2. The lowest BCUT2D eigenvalue weighted by atomic mass is 10.0. The Labute approximate surface area is 183 Å². The number of anilines is 1. The van der Waals surface area contributed by atoms with Crippen LogP contribution in [-0.2, 0) is 28.7 Å². The Balaban J connectivity index is 2.64. The lowest BCUT2D eigenvalue weighted by Gasteiger charge is -2.19.